The van der Waals surface area contributed by atoms with Crippen LogP contribution in [-0.2, 0) is 11.2 Å². The van der Waals surface area contributed by atoms with E-state index in [1.54, 1.807) is 0 Å². The molecule has 170 valence electrons. The average molecular weight is 433 g/mol. The summed E-state index contributed by atoms with van der Waals surface area (Å²) in [6.07, 6.45) is 6.34. The molecular weight excluding hydrogens is 396 g/mol. The molecule has 1 aliphatic heterocycles. The Labute approximate surface area is 192 Å². The Morgan fingerprint density at radius 1 is 1.09 bits per heavy atom. The van der Waals surface area contributed by atoms with Crippen LogP contribution in [0.3, 0.4) is 0 Å². The number of rotatable bonds is 9. The summed E-state index contributed by atoms with van der Waals surface area (Å²) in [5.74, 6) is 0.522. The molecule has 0 N–H and O–H groups in total. The molecule has 2 aromatic carbocycles. The van der Waals surface area contributed by atoms with Crippen LogP contribution in [0.1, 0.15) is 60.0 Å². The van der Waals surface area contributed by atoms with Crippen LogP contribution < -0.4 is 0 Å². The Hall–Kier alpha value is -2.17. The zero-order valence-electron chi connectivity index (χ0n) is 19.5. The minimum Gasteiger partial charge on any atom is -0.462 e. The van der Waals surface area contributed by atoms with Crippen LogP contribution in [0.5, 0.6) is 0 Å². The molecule has 5 rings (SSSR count). The highest BCUT2D eigenvalue weighted by molar-refractivity contribution is 5.89. The zero-order valence-corrected chi connectivity index (χ0v) is 19.5. The zero-order chi connectivity index (χ0) is 22.1. The molecule has 0 bridgehead atoms. The summed E-state index contributed by atoms with van der Waals surface area (Å²) in [6, 6.07) is 20.5. The maximum atomic E-state index is 11.8. The average Bonchev–Trinajstić information content (AvgIpc) is 3.56. The van der Waals surface area contributed by atoms with E-state index in [1.165, 1.54) is 56.4 Å². The highest BCUT2D eigenvalue weighted by atomic mass is 16.5. The number of nitrogens with zero attached hydrogens (tertiary/aromatic N) is 2. The summed E-state index contributed by atoms with van der Waals surface area (Å²) in [6.45, 7) is 6.00. The number of aryl methyl sites for hydroxylation is 1. The van der Waals surface area contributed by atoms with E-state index >= 15 is 0 Å². The third kappa shape index (κ3) is 4.49. The summed E-state index contributed by atoms with van der Waals surface area (Å²) < 4.78 is 5.05. The Balaban J connectivity index is 0.991. The second-order valence-corrected chi connectivity index (χ2v) is 10.3. The van der Waals surface area contributed by atoms with Crippen molar-refractivity contribution in [2.24, 2.45) is 5.41 Å². The van der Waals surface area contributed by atoms with E-state index in [2.05, 4.69) is 59.3 Å². The monoisotopic (exact) mass is 432 g/mol. The number of carbonyl (C=O) groups is 1. The van der Waals surface area contributed by atoms with Crippen LogP contribution >= 0.6 is 0 Å². The second-order valence-electron chi connectivity index (χ2n) is 10.3. The lowest BCUT2D eigenvalue weighted by Crippen LogP contribution is -2.66. The van der Waals surface area contributed by atoms with Crippen molar-refractivity contribution >= 4 is 5.97 Å². The molecule has 4 nitrogen and oxygen atoms in total. The van der Waals surface area contributed by atoms with Gasteiger partial charge in [0.2, 0.25) is 0 Å². The molecule has 1 saturated heterocycles. The fourth-order valence-corrected chi connectivity index (χ4v) is 6.04. The van der Waals surface area contributed by atoms with E-state index in [1.807, 2.05) is 19.1 Å². The quantitative estimate of drug-likeness (QED) is 0.536. The van der Waals surface area contributed by atoms with Gasteiger partial charge in [0.15, 0.2) is 0 Å². The third-order valence-electron chi connectivity index (χ3n) is 7.94. The second kappa shape index (κ2) is 8.99. The van der Waals surface area contributed by atoms with Gasteiger partial charge in [-0.1, -0.05) is 42.5 Å². The molecule has 2 aliphatic carbocycles. The Morgan fingerprint density at radius 2 is 1.81 bits per heavy atom. The van der Waals surface area contributed by atoms with Crippen LogP contribution in [0.4, 0.5) is 0 Å². The van der Waals surface area contributed by atoms with E-state index in [9.17, 15) is 4.79 Å². The molecule has 0 aromatic heterocycles. The van der Waals surface area contributed by atoms with Crippen molar-refractivity contribution in [1.29, 1.82) is 0 Å². The summed E-state index contributed by atoms with van der Waals surface area (Å²) in [7, 11) is 2.36. The van der Waals surface area contributed by atoms with E-state index < -0.39 is 0 Å². The highest BCUT2D eigenvalue weighted by Gasteiger charge is 2.55. The van der Waals surface area contributed by atoms with Crippen molar-refractivity contribution in [1.82, 2.24) is 9.80 Å². The number of hydrogen-bond donors (Lipinski definition) is 0. The van der Waals surface area contributed by atoms with Gasteiger partial charge in [0, 0.05) is 31.1 Å². The Morgan fingerprint density at radius 3 is 2.50 bits per heavy atom. The SMILES string of the molecule is CCOC(=O)c1ccc(CCCN2CC3(CC(N(C)C4CC4c4ccccc4)C3)C2)cc1. The van der Waals surface area contributed by atoms with Gasteiger partial charge in [0.1, 0.15) is 0 Å². The Bertz CT molecular complexity index is 912. The smallest absolute Gasteiger partial charge is 0.338 e. The van der Waals surface area contributed by atoms with Gasteiger partial charge in [-0.05, 0) is 81.3 Å². The fourth-order valence-electron chi connectivity index (χ4n) is 6.04. The Kier molecular flexibility index (Phi) is 6.09. The molecule has 1 spiro atoms. The van der Waals surface area contributed by atoms with Crippen LogP contribution in [0.25, 0.3) is 0 Å². The van der Waals surface area contributed by atoms with E-state index in [-0.39, 0.29) is 5.97 Å². The van der Waals surface area contributed by atoms with Crippen LogP contribution in [0.2, 0.25) is 0 Å². The molecule has 4 heteroatoms. The van der Waals surface area contributed by atoms with Crippen LogP contribution in [0, 0.1) is 5.41 Å². The number of hydrogen-bond acceptors (Lipinski definition) is 4. The van der Waals surface area contributed by atoms with Crippen LogP contribution in [0.15, 0.2) is 54.6 Å². The predicted octanol–water partition coefficient (Wildman–Crippen LogP) is 4.75. The minimum atomic E-state index is -0.230. The normalized spacial score (nSPS) is 24.2. The van der Waals surface area contributed by atoms with Crippen molar-refractivity contribution in [2.45, 2.75) is 57.0 Å². The van der Waals surface area contributed by atoms with Crippen LogP contribution in [-0.4, -0.2) is 61.1 Å². The maximum absolute atomic E-state index is 11.8. The van der Waals surface area contributed by atoms with Crippen molar-refractivity contribution in [3.8, 4) is 0 Å². The lowest BCUT2D eigenvalue weighted by atomic mass is 9.60. The number of carbonyl (C=O) groups excluding carboxylic acids is 1. The summed E-state index contributed by atoms with van der Waals surface area (Å²) in [5, 5.41) is 0. The molecule has 2 aromatic rings. The predicted molar refractivity (Wildman–Crippen MR) is 128 cm³/mol. The first-order valence-electron chi connectivity index (χ1n) is 12.3. The lowest BCUT2D eigenvalue weighted by molar-refractivity contribution is -0.106. The molecule has 0 amide bonds. The molecule has 2 saturated carbocycles. The molecule has 32 heavy (non-hydrogen) atoms. The van der Waals surface area contributed by atoms with Crippen molar-refractivity contribution in [2.75, 3.05) is 33.3 Å². The number of likely N-dealkylation sites (N-methyl/N-ethyl adjacent to an activating group) is 1. The first-order chi connectivity index (χ1) is 15.6. The third-order valence-corrected chi connectivity index (χ3v) is 7.94. The molecule has 1 heterocycles. The highest BCUT2D eigenvalue weighted by Crippen LogP contribution is 2.53. The number of ether oxygens (including phenoxy) is 1. The first-order valence-corrected chi connectivity index (χ1v) is 12.3. The molecule has 3 fully saturated rings. The molecule has 3 aliphatic rings. The molecule has 0 radical (unpaired) electrons. The first kappa shape index (κ1) is 21.7. The largest absolute Gasteiger partial charge is 0.462 e. The van der Waals surface area contributed by atoms with Gasteiger partial charge < -0.3 is 9.64 Å². The van der Waals surface area contributed by atoms with E-state index in [0.717, 1.165) is 24.4 Å². The number of benzene rings is 2. The van der Waals surface area contributed by atoms with Crippen molar-refractivity contribution in [3.05, 3.63) is 71.3 Å². The van der Waals surface area contributed by atoms with Crippen molar-refractivity contribution in [3.63, 3.8) is 0 Å². The van der Waals surface area contributed by atoms with E-state index in [0.29, 0.717) is 17.6 Å². The minimum absolute atomic E-state index is 0.230. The van der Waals surface area contributed by atoms with Gasteiger partial charge in [0.05, 0.1) is 12.2 Å². The molecule has 2 unspecified atom stereocenters. The van der Waals surface area contributed by atoms with Gasteiger partial charge >= 0.3 is 5.97 Å². The molecule has 2 atom stereocenters. The van der Waals surface area contributed by atoms with Gasteiger partial charge in [-0.25, -0.2) is 4.79 Å². The summed E-state index contributed by atoms with van der Waals surface area (Å²) in [5.41, 5.74) is 4.07. The number of likely N-dealkylation sites (tertiary alicyclic amines) is 1. The lowest BCUT2D eigenvalue weighted by Gasteiger charge is -2.61. The summed E-state index contributed by atoms with van der Waals surface area (Å²) in [4.78, 5) is 17.1. The standard InChI is InChI=1S/C28H36N2O2/c1-3-32-27(31)23-13-11-21(12-14-23)8-7-15-30-19-28(20-30)17-24(18-28)29(2)26-16-25(26)22-9-5-4-6-10-22/h4-6,9-14,24-26H,3,7-8,15-20H2,1-2H3. The summed E-state index contributed by atoms with van der Waals surface area (Å²) >= 11 is 0. The van der Waals surface area contributed by atoms with Gasteiger partial charge in [-0.2, -0.15) is 0 Å². The van der Waals surface area contributed by atoms with Gasteiger partial charge in [-0.3, -0.25) is 4.90 Å². The van der Waals surface area contributed by atoms with Crippen molar-refractivity contribution < 1.29 is 9.53 Å². The fraction of sp³-hybridized carbons (Fsp3) is 0.536. The maximum Gasteiger partial charge on any atom is 0.338 e. The van der Waals surface area contributed by atoms with Gasteiger partial charge in [0.25, 0.3) is 0 Å². The number of esters is 1. The molecular formula is C28H36N2O2. The topological polar surface area (TPSA) is 32.8 Å². The van der Waals surface area contributed by atoms with E-state index in [4.69, 9.17) is 4.74 Å². The van der Waals surface area contributed by atoms with Gasteiger partial charge in [-0.15, -0.1) is 0 Å².